The summed E-state index contributed by atoms with van der Waals surface area (Å²) in [5.74, 6) is 5.68. The largest absolute Gasteiger partial charge is 0.323 e. The molecule has 0 bridgehead atoms. The zero-order chi connectivity index (χ0) is 12.0. The monoisotopic (exact) mass is 291 g/mol. The van der Waals surface area contributed by atoms with Gasteiger partial charge in [-0.1, -0.05) is 12.1 Å². The number of nitrogens with one attached hydrogen (secondary N) is 1. The van der Waals surface area contributed by atoms with Crippen LogP contribution in [-0.2, 0) is 12.8 Å². The Kier molecular flexibility index (Phi) is 2.56. The number of hydrazine groups is 1. The number of anilines is 1. The highest BCUT2D eigenvalue weighted by atomic mass is 79.9. The van der Waals surface area contributed by atoms with E-state index in [1.807, 2.05) is 0 Å². The summed E-state index contributed by atoms with van der Waals surface area (Å²) in [7, 11) is 0. The number of aryl methyl sites for hydroxylation is 2. The fourth-order valence-corrected chi connectivity index (χ4v) is 2.99. The average molecular weight is 292 g/mol. The average Bonchev–Trinajstić information content (AvgIpc) is 2.79. The molecule has 0 saturated carbocycles. The Hall–Kier alpha value is -1.13. The minimum absolute atomic E-state index is 1.01. The lowest BCUT2D eigenvalue weighted by atomic mass is 10.1. The molecule has 1 aromatic heterocycles. The van der Waals surface area contributed by atoms with E-state index in [9.17, 15) is 0 Å². The van der Waals surface area contributed by atoms with Crippen LogP contribution in [0.2, 0.25) is 0 Å². The van der Waals surface area contributed by atoms with E-state index < -0.39 is 0 Å². The van der Waals surface area contributed by atoms with E-state index in [0.29, 0.717) is 0 Å². The second-order valence-electron chi connectivity index (χ2n) is 4.50. The van der Waals surface area contributed by atoms with E-state index in [4.69, 9.17) is 10.8 Å². The van der Waals surface area contributed by atoms with Gasteiger partial charge in [0.05, 0.1) is 11.2 Å². The first-order valence-corrected chi connectivity index (χ1v) is 6.59. The summed E-state index contributed by atoms with van der Waals surface area (Å²) in [5, 5.41) is 1.10. The van der Waals surface area contributed by atoms with E-state index in [-0.39, 0.29) is 0 Å². The van der Waals surface area contributed by atoms with E-state index in [1.165, 1.54) is 23.2 Å². The molecule has 0 radical (unpaired) electrons. The van der Waals surface area contributed by atoms with Gasteiger partial charge in [-0.05, 0) is 53.2 Å². The molecule has 0 spiro atoms. The van der Waals surface area contributed by atoms with Crippen LogP contribution >= 0.6 is 15.9 Å². The van der Waals surface area contributed by atoms with Crippen molar-refractivity contribution < 1.29 is 0 Å². The van der Waals surface area contributed by atoms with Crippen LogP contribution in [0.5, 0.6) is 0 Å². The Morgan fingerprint density at radius 3 is 2.94 bits per heavy atom. The van der Waals surface area contributed by atoms with Crippen molar-refractivity contribution in [3.63, 3.8) is 0 Å². The molecule has 0 fully saturated rings. The summed E-state index contributed by atoms with van der Waals surface area (Å²) < 4.78 is 1.07. The predicted octanol–water partition coefficient (Wildman–Crippen LogP) is 3.08. The van der Waals surface area contributed by atoms with Gasteiger partial charge < -0.3 is 5.43 Å². The van der Waals surface area contributed by atoms with Gasteiger partial charge in [0.1, 0.15) is 0 Å². The third kappa shape index (κ3) is 1.55. The number of nitrogens with two attached hydrogens (primary N) is 1. The van der Waals surface area contributed by atoms with E-state index in [2.05, 4.69) is 40.4 Å². The van der Waals surface area contributed by atoms with E-state index >= 15 is 0 Å². The van der Waals surface area contributed by atoms with Crippen LogP contribution in [-0.4, -0.2) is 4.98 Å². The SMILES string of the molecule is Cc1ccc2c(NN)c3c(nc2c1Br)CCC3. The molecule has 3 nitrogen and oxygen atoms in total. The van der Waals surface area contributed by atoms with Gasteiger partial charge in [0, 0.05) is 15.6 Å². The first-order valence-electron chi connectivity index (χ1n) is 5.79. The van der Waals surface area contributed by atoms with Crippen LogP contribution in [0, 0.1) is 6.92 Å². The molecule has 3 rings (SSSR count). The van der Waals surface area contributed by atoms with Crippen molar-refractivity contribution >= 4 is 32.5 Å². The second kappa shape index (κ2) is 3.96. The lowest BCUT2D eigenvalue weighted by molar-refractivity contribution is 0.901. The molecule has 17 heavy (non-hydrogen) atoms. The highest BCUT2D eigenvalue weighted by Gasteiger charge is 2.20. The topological polar surface area (TPSA) is 50.9 Å². The smallest absolute Gasteiger partial charge is 0.0871 e. The van der Waals surface area contributed by atoms with Gasteiger partial charge in [0.25, 0.3) is 0 Å². The van der Waals surface area contributed by atoms with Gasteiger partial charge >= 0.3 is 0 Å². The van der Waals surface area contributed by atoms with Crippen molar-refractivity contribution in [2.45, 2.75) is 26.2 Å². The Morgan fingerprint density at radius 2 is 2.18 bits per heavy atom. The standard InChI is InChI=1S/C13H14BrN3/c1-7-5-6-9-12(17-15)8-3-2-4-10(8)16-13(9)11(7)14/h5-6H,2-4,15H2,1H3,(H,16,17). The van der Waals surface area contributed by atoms with Crippen LogP contribution in [0.3, 0.4) is 0 Å². The number of benzene rings is 1. The quantitative estimate of drug-likeness (QED) is 0.627. The number of pyridine rings is 1. The summed E-state index contributed by atoms with van der Waals surface area (Å²) >= 11 is 3.62. The fraction of sp³-hybridized carbons (Fsp3) is 0.308. The Balaban J connectivity index is 2.44. The molecule has 1 aromatic carbocycles. The molecular weight excluding hydrogens is 278 g/mol. The third-order valence-corrected chi connectivity index (χ3v) is 4.46. The summed E-state index contributed by atoms with van der Waals surface area (Å²) in [5.41, 5.74) is 8.59. The first-order chi connectivity index (χ1) is 8.22. The van der Waals surface area contributed by atoms with Crippen molar-refractivity contribution in [3.05, 3.63) is 33.4 Å². The number of halogens is 1. The molecule has 88 valence electrons. The fourth-order valence-electron chi connectivity index (χ4n) is 2.56. The zero-order valence-electron chi connectivity index (χ0n) is 9.68. The van der Waals surface area contributed by atoms with Crippen LogP contribution in [0.1, 0.15) is 23.2 Å². The molecule has 1 aliphatic carbocycles. The number of hydrogen-bond acceptors (Lipinski definition) is 3. The van der Waals surface area contributed by atoms with Gasteiger partial charge in [0.2, 0.25) is 0 Å². The number of nitrogens with zero attached hydrogens (tertiary/aromatic N) is 1. The van der Waals surface area contributed by atoms with Gasteiger partial charge in [-0.3, -0.25) is 10.8 Å². The predicted molar refractivity (Wildman–Crippen MR) is 74.0 cm³/mol. The number of nitrogen functional groups attached to an aromatic ring is 1. The van der Waals surface area contributed by atoms with Crippen LogP contribution in [0.25, 0.3) is 10.9 Å². The maximum atomic E-state index is 5.68. The Morgan fingerprint density at radius 1 is 1.35 bits per heavy atom. The van der Waals surface area contributed by atoms with E-state index in [0.717, 1.165) is 33.9 Å². The molecule has 0 amide bonds. The van der Waals surface area contributed by atoms with Crippen LogP contribution < -0.4 is 11.3 Å². The van der Waals surface area contributed by atoms with Crippen molar-refractivity contribution in [2.24, 2.45) is 5.84 Å². The summed E-state index contributed by atoms with van der Waals surface area (Å²) in [6, 6.07) is 4.19. The molecular formula is C13H14BrN3. The molecule has 0 unspecified atom stereocenters. The number of hydrogen-bond donors (Lipinski definition) is 2. The maximum Gasteiger partial charge on any atom is 0.0871 e. The number of fused-ring (bicyclic) bond motifs is 2. The molecule has 1 aliphatic rings. The van der Waals surface area contributed by atoms with Gasteiger partial charge in [-0.2, -0.15) is 0 Å². The Labute approximate surface area is 109 Å². The minimum atomic E-state index is 1.01. The molecule has 0 aliphatic heterocycles. The van der Waals surface area contributed by atoms with Gasteiger partial charge in [0.15, 0.2) is 0 Å². The van der Waals surface area contributed by atoms with Crippen molar-refractivity contribution in [1.82, 2.24) is 4.98 Å². The number of aromatic nitrogens is 1. The van der Waals surface area contributed by atoms with Crippen molar-refractivity contribution in [3.8, 4) is 0 Å². The Bertz CT molecular complexity index is 607. The lowest BCUT2D eigenvalue weighted by Crippen LogP contribution is -2.11. The lowest BCUT2D eigenvalue weighted by Gasteiger charge is -2.13. The first kappa shape index (κ1) is 11.0. The van der Waals surface area contributed by atoms with Crippen LogP contribution in [0.4, 0.5) is 5.69 Å². The molecule has 4 heteroatoms. The van der Waals surface area contributed by atoms with Gasteiger partial charge in [-0.25, -0.2) is 0 Å². The summed E-state index contributed by atoms with van der Waals surface area (Å²) in [6.45, 7) is 2.08. The normalized spacial score (nSPS) is 14.1. The molecule has 0 atom stereocenters. The van der Waals surface area contributed by atoms with E-state index in [1.54, 1.807) is 0 Å². The summed E-state index contributed by atoms with van der Waals surface area (Å²) in [6.07, 6.45) is 3.30. The van der Waals surface area contributed by atoms with Crippen LogP contribution in [0.15, 0.2) is 16.6 Å². The highest BCUT2D eigenvalue weighted by molar-refractivity contribution is 9.10. The summed E-state index contributed by atoms with van der Waals surface area (Å²) in [4.78, 5) is 4.78. The van der Waals surface area contributed by atoms with Gasteiger partial charge in [-0.15, -0.1) is 0 Å². The van der Waals surface area contributed by atoms with Crippen molar-refractivity contribution in [1.29, 1.82) is 0 Å². The molecule has 0 saturated heterocycles. The zero-order valence-corrected chi connectivity index (χ0v) is 11.3. The number of rotatable bonds is 1. The highest BCUT2D eigenvalue weighted by Crippen LogP contribution is 2.36. The molecule has 1 heterocycles. The maximum absolute atomic E-state index is 5.68. The third-order valence-electron chi connectivity index (χ3n) is 3.46. The second-order valence-corrected chi connectivity index (χ2v) is 5.30. The molecule has 3 N–H and O–H groups in total. The van der Waals surface area contributed by atoms with Crippen molar-refractivity contribution in [2.75, 3.05) is 5.43 Å². The minimum Gasteiger partial charge on any atom is -0.323 e. The molecule has 2 aromatic rings.